The van der Waals surface area contributed by atoms with Gasteiger partial charge >= 0.3 is 0 Å². The average molecular weight is 147 g/mol. The van der Waals surface area contributed by atoms with Crippen molar-refractivity contribution in [3.05, 3.63) is 41.2 Å². The van der Waals surface area contributed by atoms with E-state index in [9.17, 15) is 0 Å². The Balaban J connectivity index is 0.000000461. The molecular formula is C10H13N. The van der Waals surface area contributed by atoms with E-state index in [1.165, 1.54) is 0 Å². The molecule has 0 aliphatic carbocycles. The molecule has 1 aromatic rings. The van der Waals surface area contributed by atoms with Gasteiger partial charge in [0.1, 0.15) is 0 Å². The molecule has 0 aromatic heterocycles. The lowest BCUT2D eigenvalue weighted by Crippen LogP contribution is -1.65. The first-order valence-electron chi connectivity index (χ1n) is 3.77. The Hall–Kier alpha value is -1.29. The molecule has 11 heavy (non-hydrogen) atoms. The van der Waals surface area contributed by atoms with E-state index in [0.717, 1.165) is 11.3 Å². The fraction of sp³-hybridized carbons (Fsp3) is 0.300. The van der Waals surface area contributed by atoms with Crippen LogP contribution in [0.2, 0.25) is 0 Å². The number of hydrogen-bond donors (Lipinski definition) is 0. The molecule has 0 saturated heterocycles. The molecule has 1 nitrogen and oxygen atoms in total. The molecule has 0 spiro atoms. The third-order valence-electron chi connectivity index (χ3n) is 1.13. The van der Waals surface area contributed by atoms with Gasteiger partial charge in [-0.1, -0.05) is 43.7 Å². The minimum atomic E-state index is 0.718. The smallest absolute Gasteiger partial charge is 0.187 e. The van der Waals surface area contributed by atoms with Crippen molar-refractivity contribution < 1.29 is 0 Å². The first kappa shape index (κ1) is 9.71. The normalized spacial score (nSPS) is 7.45. The van der Waals surface area contributed by atoms with Gasteiger partial charge < -0.3 is 0 Å². The Bertz CT molecular complexity index is 245. The number of nitrogens with zero attached hydrogens (tertiary/aromatic N) is 1. The summed E-state index contributed by atoms with van der Waals surface area (Å²) in [6, 6.07) is 7.55. The second-order valence-corrected chi connectivity index (χ2v) is 1.95. The van der Waals surface area contributed by atoms with Crippen LogP contribution in [-0.4, -0.2) is 0 Å². The topological polar surface area (TPSA) is 4.36 Å². The van der Waals surface area contributed by atoms with Crippen LogP contribution in [0.3, 0.4) is 0 Å². The SMILES string of the molecule is CC.[C-]#[N+]c1cccc(C)c1. The van der Waals surface area contributed by atoms with E-state index in [1.54, 1.807) is 6.07 Å². The van der Waals surface area contributed by atoms with Crippen LogP contribution in [0, 0.1) is 13.5 Å². The number of rotatable bonds is 0. The second kappa shape index (κ2) is 5.49. The van der Waals surface area contributed by atoms with Crippen molar-refractivity contribution in [3.63, 3.8) is 0 Å². The highest BCUT2D eigenvalue weighted by Crippen LogP contribution is 2.11. The van der Waals surface area contributed by atoms with E-state index >= 15 is 0 Å². The third-order valence-corrected chi connectivity index (χ3v) is 1.13. The summed E-state index contributed by atoms with van der Waals surface area (Å²) in [5, 5.41) is 0. The molecule has 0 amide bonds. The highest BCUT2D eigenvalue weighted by molar-refractivity contribution is 5.45. The summed E-state index contributed by atoms with van der Waals surface area (Å²) in [5.41, 5.74) is 1.86. The van der Waals surface area contributed by atoms with Crippen molar-refractivity contribution in [3.8, 4) is 0 Å². The summed E-state index contributed by atoms with van der Waals surface area (Å²) < 4.78 is 0. The zero-order valence-corrected chi connectivity index (χ0v) is 7.26. The van der Waals surface area contributed by atoms with E-state index in [4.69, 9.17) is 6.57 Å². The van der Waals surface area contributed by atoms with E-state index < -0.39 is 0 Å². The Kier molecular flexibility index (Phi) is 4.85. The van der Waals surface area contributed by atoms with E-state index in [1.807, 2.05) is 39.0 Å². The second-order valence-electron chi connectivity index (χ2n) is 1.95. The zero-order chi connectivity index (χ0) is 8.69. The van der Waals surface area contributed by atoms with Gasteiger partial charge in [-0.05, 0) is 6.92 Å². The van der Waals surface area contributed by atoms with E-state index in [2.05, 4.69) is 4.85 Å². The summed E-state index contributed by atoms with van der Waals surface area (Å²) in [6.07, 6.45) is 0. The summed E-state index contributed by atoms with van der Waals surface area (Å²) in [6.45, 7) is 12.6. The summed E-state index contributed by atoms with van der Waals surface area (Å²) in [7, 11) is 0. The molecule has 0 saturated carbocycles. The Labute approximate surface area is 68.5 Å². The Morgan fingerprint density at radius 3 is 2.27 bits per heavy atom. The summed E-state index contributed by atoms with van der Waals surface area (Å²) in [4.78, 5) is 3.28. The zero-order valence-electron chi connectivity index (χ0n) is 7.26. The Morgan fingerprint density at radius 1 is 1.27 bits per heavy atom. The monoisotopic (exact) mass is 147 g/mol. The van der Waals surface area contributed by atoms with Gasteiger partial charge in [-0.15, -0.1) is 0 Å². The molecule has 0 atom stereocenters. The minimum absolute atomic E-state index is 0.718. The van der Waals surface area contributed by atoms with Crippen molar-refractivity contribution in [2.45, 2.75) is 20.8 Å². The number of aryl methyl sites for hydroxylation is 1. The molecule has 0 fully saturated rings. The standard InChI is InChI=1S/C8H7N.C2H6/c1-7-4-3-5-8(6-7)9-2;1-2/h3-6H,1H3;1-2H3. The average Bonchev–Trinajstić information content (AvgIpc) is 2.08. The van der Waals surface area contributed by atoms with Gasteiger partial charge in [-0.3, -0.25) is 0 Å². The van der Waals surface area contributed by atoms with E-state index in [-0.39, 0.29) is 0 Å². The lowest BCUT2D eigenvalue weighted by Gasteiger charge is -1.89. The van der Waals surface area contributed by atoms with Crippen molar-refractivity contribution in [2.75, 3.05) is 0 Å². The number of hydrogen-bond acceptors (Lipinski definition) is 0. The third kappa shape index (κ3) is 3.42. The van der Waals surface area contributed by atoms with Crippen LogP contribution in [0.1, 0.15) is 19.4 Å². The molecule has 1 aromatic carbocycles. The molecular weight excluding hydrogens is 134 g/mol. The lowest BCUT2D eigenvalue weighted by atomic mass is 10.2. The van der Waals surface area contributed by atoms with Gasteiger partial charge in [0.15, 0.2) is 5.69 Å². The lowest BCUT2D eigenvalue weighted by molar-refractivity contribution is 1.48. The van der Waals surface area contributed by atoms with Crippen LogP contribution in [0.4, 0.5) is 5.69 Å². The minimum Gasteiger partial charge on any atom is -0.238 e. The van der Waals surface area contributed by atoms with Gasteiger partial charge in [0.25, 0.3) is 0 Å². The first-order valence-corrected chi connectivity index (χ1v) is 3.77. The molecule has 58 valence electrons. The molecule has 0 radical (unpaired) electrons. The maximum Gasteiger partial charge on any atom is 0.187 e. The molecule has 0 heterocycles. The molecule has 0 N–H and O–H groups in total. The molecule has 0 aliphatic rings. The van der Waals surface area contributed by atoms with Crippen LogP contribution in [0.25, 0.3) is 4.85 Å². The van der Waals surface area contributed by atoms with Crippen molar-refractivity contribution in [1.82, 2.24) is 0 Å². The van der Waals surface area contributed by atoms with Crippen molar-refractivity contribution >= 4 is 5.69 Å². The first-order chi connectivity index (χ1) is 5.33. The van der Waals surface area contributed by atoms with Gasteiger partial charge in [-0.25, -0.2) is 4.85 Å². The number of benzene rings is 1. The molecule has 1 heteroatoms. The maximum atomic E-state index is 6.67. The molecule has 1 rings (SSSR count). The van der Waals surface area contributed by atoms with Gasteiger partial charge in [0.05, 0.1) is 6.57 Å². The summed E-state index contributed by atoms with van der Waals surface area (Å²) >= 11 is 0. The van der Waals surface area contributed by atoms with Crippen molar-refractivity contribution in [2.24, 2.45) is 0 Å². The van der Waals surface area contributed by atoms with Crippen LogP contribution < -0.4 is 0 Å². The van der Waals surface area contributed by atoms with E-state index in [0.29, 0.717) is 0 Å². The fourth-order valence-electron chi connectivity index (χ4n) is 0.698. The van der Waals surface area contributed by atoms with Gasteiger partial charge in [0.2, 0.25) is 0 Å². The largest absolute Gasteiger partial charge is 0.238 e. The Morgan fingerprint density at radius 2 is 1.91 bits per heavy atom. The van der Waals surface area contributed by atoms with Gasteiger partial charge in [-0.2, -0.15) is 0 Å². The molecule has 0 aliphatic heterocycles. The quantitative estimate of drug-likeness (QED) is 0.494. The summed E-state index contributed by atoms with van der Waals surface area (Å²) in [5.74, 6) is 0. The maximum absolute atomic E-state index is 6.67. The molecule has 0 unspecified atom stereocenters. The highest BCUT2D eigenvalue weighted by atomic mass is 14.6. The fourth-order valence-corrected chi connectivity index (χ4v) is 0.698. The van der Waals surface area contributed by atoms with Gasteiger partial charge in [0, 0.05) is 0 Å². The van der Waals surface area contributed by atoms with Crippen LogP contribution in [-0.2, 0) is 0 Å². The predicted molar refractivity (Wildman–Crippen MR) is 48.8 cm³/mol. The van der Waals surface area contributed by atoms with Crippen LogP contribution in [0.15, 0.2) is 24.3 Å². The van der Waals surface area contributed by atoms with Crippen molar-refractivity contribution in [1.29, 1.82) is 0 Å². The predicted octanol–water partition coefficient (Wildman–Crippen LogP) is 3.57. The van der Waals surface area contributed by atoms with Crippen LogP contribution >= 0.6 is 0 Å². The molecule has 0 bridgehead atoms. The highest BCUT2D eigenvalue weighted by Gasteiger charge is 1.86. The van der Waals surface area contributed by atoms with Crippen LogP contribution in [0.5, 0.6) is 0 Å².